The van der Waals surface area contributed by atoms with Crippen molar-refractivity contribution >= 4 is 34.3 Å². The third kappa shape index (κ3) is 4.54. The molecule has 1 aromatic carbocycles. The van der Waals surface area contributed by atoms with Crippen molar-refractivity contribution < 1.29 is 9.90 Å². The van der Waals surface area contributed by atoms with Crippen molar-refractivity contribution in [2.45, 2.75) is 43.2 Å². The van der Waals surface area contributed by atoms with Crippen LogP contribution in [0.15, 0.2) is 58.7 Å². The van der Waals surface area contributed by atoms with E-state index in [-0.39, 0.29) is 5.91 Å². The molecule has 1 amide bonds. The molecule has 0 spiro atoms. The van der Waals surface area contributed by atoms with Crippen LogP contribution in [0.4, 0.5) is 0 Å². The maximum atomic E-state index is 12.8. The number of fused-ring (bicyclic) bond motifs is 1. The number of pyridine rings is 2. The molecule has 1 aliphatic rings. The van der Waals surface area contributed by atoms with E-state index in [9.17, 15) is 9.90 Å². The number of aliphatic imine (C=N–C) groups is 1. The summed E-state index contributed by atoms with van der Waals surface area (Å²) in [6.45, 7) is 0. The maximum absolute atomic E-state index is 12.8. The van der Waals surface area contributed by atoms with Crippen molar-refractivity contribution in [3.05, 3.63) is 65.5 Å². The highest BCUT2D eigenvalue weighted by Gasteiger charge is 2.20. The Bertz CT molecular complexity index is 1060. The number of para-hydroxylation sites is 1. The molecular formula is C23H23N3O2S. The number of aliphatic hydroxyl groups excluding tert-OH is 1. The van der Waals surface area contributed by atoms with Gasteiger partial charge in [0.25, 0.3) is 5.91 Å². The Morgan fingerprint density at radius 3 is 2.86 bits per heavy atom. The van der Waals surface area contributed by atoms with Gasteiger partial charge in [0.2, 0.25) is 0 Å². The van der Waals surface area contributed by atoms with Crippen molar-refractivity contribution in [2.75, 3.05) is 6.26 Å². The lowest BCUT2D eigenvalue weighted by atomic mass is 9.95. The topological polar surface area (TPSA) is 75.4 Å². The number of benzene rings is 1. The molecule has 2 heterocycles. The average molecular weight is 406 g/mol. The SMILES string of the molecule is CSc1ccc(Cc2cc(C(=O)N=C3CCCC[C@@H]3O)nc3ccccc23)cn1. The summed E-state index contributed by atoms with van der Waals surface area (Å²) in [6, 6.07) is 13.7. The molecule has 0 radical (unpaired) electrons. The molecule has 0 bridgehead atoms. The molecule has 148 valence electrons. The van der Waals surface area contributed by atoms with Crippen LogP contribution >= 0.6 is 11.8 Å². The molecule has 0 saturated heterocycles. The van der Waals surface area contributed by atoms with Gasteiger partial charge in [0.15, 0.2) is 0 Å². The number of carbonyl (C=O) groups excluding carboxylic acids is 1. The summed E-state index contributed by atoms with van der Waals surface area (Å²) in [6.07, 6.45) is 7.18. The first-order valence-electron chi connectivity index (χ1n) is 9.81. The van der Waals surface area contributed by atoms with E-state index in [4.69, 9.17) is 0 Å². The van der Waals surface area contributed by atoms with E-state index in [2.05, 4.69) is 21.0 Å². The number of aromatic nitrogens is 2. The largest absolute Gasteiger partial charge is 0.387 e. The van der Waals surface area contributed by atoms with Crippen LogP contribution in [-0.2, 0) is 6.42 Å². The zero-order valence-electron chi connectivity index (χ0n) is 16.3. The van der Waals surface area contributed by atoms with Crippen LogP contribution in [0.5, 0.6) is 0 Å². The van der Waals surface area contributed by atoms with Crippen molar-refractivity contribution in [3.8, 4) is 0 Å². The Morgan fingerprint density at radius 2 is 2.10 bits per heavy atom. The molecule has 29 heavy (non-hydrogen) atoms. The number of amides is 1. The van der Waals surface area contributed by atoms with E-state index in [0.717, 1.165) is 39.9 Å². The summed E-state index contributed by atoms with van der Waals surface area (Å²) >= 11 is 1.61. The molecule has 3 aromatic rings. The second-order valence-electron chi connectivity index (χ2n) is 7.24. The summed E-state index contributed by atoms with van der Waals surface area (Å²) in [7, 11) is 0. The van der Waals surface area contributed by atoms with Gasteiger partial charge in [-0.3, -0.25) is 4.79 Å². The predicted octanol–water partition coefficient (Wildman–Crippen LogP) is 4.46. The summed E-state index contributed by atoms with van der Waals surface area (Å²) in [5, 5.41) is 12.1. The molecule has 1 atom stereocenters. The minimum atomic E-state index is -0.617. The lowest BCUT2D eigenvalue weighted by molar-refractivity contribution is 0.0994. The molecule has 4 rings (SSSR count). The van der Waals surface area contributed by atoms with E-state index >= 15 is 0 Å². The molecule has 0 aliphatic heterocycles. The fourth-order valence-electron chi connectivity index (χ4n) is 3.65. The number of rotatable bonds is 4. The van der Waals surface area contributed by atoms with Crippen LogP contribution in [0.2, 0.25) is 0 Å². The van der Waals surface area contributed by atoms with Crippen LogP contribution in [0.25, 0.3) is 10.9 Å². The van der Waals surface area contributed by atoms with Gasteiger partial charge in [-0.15, -0.1) is 11.8 Å². The Morgan fingerprint density at radius 1 is 1.24 bits per heavy atom. The van der Waals surface area contributed by atoms with E-state index in [1.807, 2.05) is 48.9 Å². The molecular weight excluding hydrogens is 382 g/mol. The summed E-state index contributed by atoms with van der Waals surface area (Å²) < 4.78 is 0. The molecule has 0 unspecified atom stereocenters. The van der Waals surface area contributed by atoms with E-state index in [1.165, 1.54) is 0 Å². The van der Waals surface area contributed by atoms with Crippen LogP contribution in [-0.4, -0.2) is 39.1 Å². The number of nitrogens with zero attached hydrogens (tertiary/aromatic N) is 3. The van der Waals surface area contributed by atoms with Gasteiger partial charge >= 0.3 is 0 Å². The van der Waals surface area contributed by atoms with E-state index in [1.54, 1.807) is 11.8 Å². The van der Waals surface area contributed by atoms with Gasteiger partial charge in [-0.2, -0.15) is 0 Å². The lowest BCUT2D eigenvalue weighted by Gasteiger charge is -2.18. The Balaban J connectivity index is 1.70. The third-order valence-electron chi connectivity index (χ3n) is 5.21. The van der Waals surface area contributed by atoms with Crippen molar-refractivity contribution in [2.24, 2.45) is 4.99 Å². The second-order valence-corrected chi connectivity index (χ2v) is 8.07. The van der Waals surface area contributed by atoms with Crippen LogP contribution in [0.3, 0.4) is 0 Å². The standard InChI is InChI=1S/C23H23N3O2S/c1-29-22-11-10-15(14-24-22)12-16-13-20(25-18-7-3-2-6-17(16)18)23(28)26-19-8-4-5-9-21(19)27/h2-3,6-7,10-11,13-14,21,27H,4-5,8-9,12H2,1H3/t21-/m0/s1. The smallest absolute Gasteiger partial charge is 0.295 e. The van der Waals surface area contributed by atoms with Crippen molar-refractivity contribution in [1.29, 1.82) is 0 Å². The van der Waals surface area contributed by atoms with Gasteiger partial charge in [0.05, 0.1) is 22.4 Å². The first kappa shape index (κ1) is 19.7. The number of thioether (sulfide) groups is 1. The van der Waals surface area contributed by atoms with E-state index in [0.29, 0.717) is 30.7 Å². The highest BCUT2D eigenvalue weighted by Crippen LogP contribution is 2.23. The first-order valence-corrected chi connectivity index (χ1v) is 11.0. The predicted molar refractivity (Wildman–Crippen MR) is 117 cm³/mol. The van der Waals surface area contributed by atoms with Crippen molar-refractivity contribution in [3.63, 3.8) is 0 Å². The lowest BCUT2D eigenvalue weighted by Crippen LogP contribution is -2.25. The molecule has 1 fully saturated rings. The first-order chi connectivity index (χ1) is 14.1. The quantitative estimate of drug-likeness (QED) is 0.649. The van der Waals surface area contributed by atoms with Gasteiger partial charge in [0.1, 0.15) is 5.69 Å². The maximum Gasteiger partial charge on any atom is 0.295 e. The molecule has 2 aromatic heterocycles. The van der Waals surface area contributed by atoms with Gasteiger partial charge < -0.3 is 5.11 Å². The van der Waals surface area contributed by atoms with Crippen LogP contribution in [0, 0.1) is 0 Å². The minimum absolute atomic E-state index is 0.317. The number of hydrogen-bond donors (Lipinski definition) is 1. The molecule has 6 heteroatoms. The number of hydrogen-bond acceptors (Lipinski definition) is 5. The fraction of sp³-hybridized carbons (Fsp3) is 0.304. The summed E-state index contributed by atoms with van der Waals surface area (Å²) in [5.74, 6) is -0.385. The minimum Gasteiger partial charge on any atom is -0.387 e. The monoisotopic (exact) mass is 405 g/mol. The molecule has 1 aliphatic carbocycles. The zero-order valence-corrected chi connectivity index (χ0v) is 17.2. The molecule has 5 nitrogen and oxygen atoms in total. The van der Waals surface area contributed by atoms with Crippen molar-refractivity contribution in [1.82, 2.24) is 9.97 Å². The van der Waals surface area contributed by atoms with E-state index < -0.39 is 6.10 Å². The zero-order chi connectivity index (χ0) is 20.2. The highest BCUT2D eigenvalue weighted by molar-refractivity contribution is 7.98. The number of aliphatic hydroxyl groups is 1. The summed E-state index contributed by atoms with van der Waals surface area (Å²) in [4.78, 5) is 26.0. The third-order valence-corrected chi connectivity index (χ3v) is 5.87. The number of carbonyl (C=O) groups is 1. The summed E-state index contributed by atoms with van der Waals surface area (Å²) in [5.41, 5.74) is 3.76. The molecule has 1 N–H and O–H groups in total. The van der Waals surface area contributed by atoms with Gasteiger partial charge in [0, 0.05) is 11.6 Å². The average Bonchev–Trinajstić information content (AvgIpc) is 2.76. The van der Waals surface area contributed by atoms with Crippen LogP contribution < -0.4 is 0 Å². The normalized spacial score (nSPS) is 18.3. The Kier molecular flexibility index (Phi) is 6.02. The second kappa shape index (κ2) is 8.84. The molecule has 1 saturated carbocycles. The van der Waals surface area contributed by atoms with Gasteiger partial charge in [-0.25, -0.2) is 15.0 Å². The van der Waals surface area contributed by atoms with Gasteiger partial charge in [-0.05, 0) is 61.3 Å². The Hall–Kier alpha value is -2.57. The Labute approximate surface area is 174 Å². The van der Waals surface area contributed by atoms with Gasteiger partial charge in [-0.1, -0.05) is 30.7 Å². The van der Waals surface area contributed by atoms with Crippen LogP contribution in [0.1, 0.15) is 47.3 Å². The highest BCUT2D eigenvalue weighted by atomic mass is 32.2. The fourth-order valence-corrected chi connectivity index (χ4v) is 4.02.